The maximum atomic E-state index is 12.4. The number of anilines is 1. The number of amides is 1. The number of nitrogens with one attached hydrogen (secondary N) is 1. The van der Waals surface area contributed by atoms with E-state index in [1.165, 1.54) is 16.7 Å². The summed E-state index contributed by atoms with van der Waals surface area (Å²) in [5, 5.41) is 12.3. The molecule has 3 rings (SSSR count). The van der Waals surface area contributed by atoms with Gasteiger partial charge in [0.1, 0.15) is 12.1 Å². The van der Waals surface area contributed by atoms with Crippen LogP contribution in [0, 0.1) is 0 Å². The van der Waals surface area contributed by atoms with E-state index in [0.717, 1.165) is 11.3 Å². The molecule has 0 spiro atoms. The van der Waals surface area contributed by atoms with Crippen molar-refractivity contribution >= 4 is 29.3 Å². The Hall–Kier alpha value is -1.69. The molecule has 6 heteroatoms. The number of benzene rings is 1. The maximum absolute atomic E-state index is 12.4. The van der Waals surface area contributed by atoms with Gasteiger partial charge in [-0.15, -0.1) is 11.8 Å². The molecule has 5 nitrogen and oxygen atoms in total. The summed E-state index contributed by atoms with van der Waals surface area (Å²) in [6.07, 6.45) is 0.627. The number of carbonyl (C=O) groups is 2. The zero-order chi connectivity index (χ0) is 13.4. The van der Waals surface area contributed by atoms with Crippen LogP contribution in [0.15, 0.2) is 24.3 Å². The van der Waals surface area contributed by atoms with E-state index in [0.29, 0.717) is 18.1 Å². The number of fused-ring (bicyclic) bond motifs is 1. The van der Waals surface area contributed by atoms with Crippen molar-refractivity contribution in [2.75, 3.05) is 16.9 Å². The lowest BCUT2D eigenvalue weighted by Crippen LogP contribution is -2.48. The molecule has 2 atom stereocenters. The number of carbonyl (C=O) groups excluding carboxylic acids is 1. The number of hydrogen-bond donors (Lipinski definition) is 2. The van der Waals surface area contributed by atoms with Crippen molar-refractivity contribution in [3.8, 4) is 0 Å². The lowest BCUT2D eigenvalue weighted by molar-refractivity contribution is -0.148. The minimum absolute atomic E-state index is 0.117. The third-order valence-corrected chi connectivity index (χ3v) is 4.53. The molecular weight excluding hydrogens is 264 g/mol. The van der Waals surface area contributed by atoms with Gasteiger partial charge >= 0.3 is 5.97 Å². The molecule has 1 aromatic rings. The Kier molecular flexibility index (Phi) is 3.10. The van der Waals surface area contributed by atoms with E-state index in [1.54, 1.807) is 0 Å². The number of aliphatic carboxylic acids is 1. The molecule has 0 saturated carbocycles. The highest BCUT2D eigenvalue weighted by Crippen LogP contribution is 2.29. The Labute approximate surface area is 115 Å². The fraction of sp³-hybridized carbons (Fsp3) is 0.385. The summed E-state index contributed by atoms with van der Waals surface area (Å²) in [6, 6.07) is 6.77. The number of thioether (sulfide) groups is 1. The Morgan fingerprint density at radius 3 is 2.89 bits per heavy atom. The second-order valence-corrected chi connectivity index (χ2v) is 5.72. The van der Waals surface area contributed by atoms with Gasteiger partial charge in [-0.3, -0.25) is 4.79 Å². The molecule has 2 aliphatic heterocycles. The van der Waals surface area contributed by atoms with E-state index in [4.69, 9.17) is 5.11 Å². The van der Waals surface area contributed by atoms with Crippen LogP contribution in [0.2, 0.25) is 0 Å². The summed E-state index contributed by atoms with van der Waals surface area (Å²) < 4.78 is 0. The average molecular weight is 278 g/mol. The molecule has 0 bridgehead atoms. The summed E-state index contributed by atoms with van der Waals surface area (Å²) in [5.74, 6) is -0.104. The summed E-state index contributed by atoms with van der Waals surface area (Å²) >= 11 is 1.49. The van der Waals surface area contributed by atoms with E-state index >= 15 is 0 Å². The van der Waals surface area contributed by atoms with Gasteiger partial charge in [0.25, 0.3) is 0 Å². The van der Waals surface area contributed by atoms with Crippen LogP contribution in [0.25, 0.3) is 0 Å². The number of para-hydroxylation sites is 1. The molecule has 1 amide bonds. The molecule has 2 aliphatic rings. The summed E-state index contributed by atoms with van der Waals surface area (Å²) in [4.78, 5) is 25.0. The lowest BCUT2D eigenvalue weighted by atomic mass is 10.1. The highest BCUT2D eigenvalue weighted by molar-refractivity contribution is 7.99. The van der Waals surface area contributed by atoms with Gasteiger partial charge in [0.05, 0.1) is 5.88 Å². The Balaban J connectivity index is 1.74. The fourth-order valence-corrected chi connectivity index (χ4v) is 3.67. The zero-order valence-electron chi connectivity index (χ0n) is 10.2. The zero-order valence-corrected chi connectivity index (χ0v) is 11.0. The Bertz CT molecular complexity index is 509. The third-order valence-electron chi connectivity index (χ3n) is 3.52. The van der Waals surface area contributed by atoms with Crippen molar-refractivity contribution in [3.05, 3.63) is 29.8 Å². The number of carboxylic acids is 1. The maximum Gasteiger partial charge on any atom is 0.327 e. The number of carboxylic acid groups (broad SMARTS) is 1. The second kappa shape index (κ2) is 4.77. The molecule has 2 heterocycles. The molecule has 1 fully saturated rings. The molecule has 2 N–H and O–H groups in total. The van der Waals surface area contributed by atoms with Crippen molar-refractivity contribution in [3.63, 3.8) is 0 Å². The van der Waals surface area contributed by atoms with Crippen LogP contribution in [0.3, 0.4) is 0 Å². The molecule has 100 valence electrons. The van der Waals surface area contributed by atoms with Crippen LogP contribution in [0.1, 0.15) is 5.56 Å². The summed E-state index contributed by atoms with van der Waals surface area (Å²) in [7, 11) is 0. The largest absolute Gasteiger partial charge is 0.480 e. The van der Waals surface area contributed by atoms with Crippen molar-refractivity contribution in [1.82, 2.24) is 4.90 Å². The normalized spacial score (nSPS) is 24.9. The second-order valence-electron chi connectivity index (χ2n) is 4.72. The molecule has 1 aromatic carbocycles. The fourth-order valence-electron chi connectivity index (χ4n) is 2.51. The first-order valence-corrected chi connectivity index (χ1v) is 7.28. The van der Waals surface area contributed by atoms with Gasteiger partial charge in [0.2, 0.25) is 5.91 Å². The molecular formula is C13H14N2O3S. The Morgan fingerprint density at radius 1 is 1.37 bits per heavy atom. The average Bonchev–Trinajstić information content (AvgIpc) is 3.04. The predicted molar refractivity (Wildman–Crippen MR) is 73.2 cm³/mol. The first-order valence-electron chi connectivity index (χ1n) is 6.12. The van der Waals surface area contributed by atoms with Gasteiger partial charge in [-0.05, 0) is 11.6 Å². The highest BCUT2D eigenvalue weighted by Gasteiger charge is 2.39. The van der Waals surface area contributed by atoms with Crippen LogP contribution < -0.4 is 5.32 Å². The molecule has 0 radical (unpaired) electrons. The first-order chi connectivity index (χ1) is 9.16. The summed E-state index contributed by atoms with van der Waals surface area (Å²) in [6.45, 7) is 0. The number of hydrogen-bond acceptors (Lipinski definition) is 4. The van der Waals surface area contributed by atoms with E-state index in [2.05, 4.69) is 5.32 Å². The monoisotopic (exact) mass is 278 g/mol. The van der Waals surface area contributed by atoms with E-state index in [1.807, 2.05) is 24.3 Å². The topological polar surface area (TPSA) is 69.6 Å². The lowest BCUT2D eigenvalue weighted by Gasteiger charge is -2.24. The SMILES string of the molecule is O=C(O)C1CSCN1C(=O)[C@@H]1Cc2ccccc2N1. The quantitative estimate of drug-likeness (QED) is 0.845. The molecule has 1 saturated heterocycles. The molecule has 1 unspecified atom stereocenters. The molecule has 0 aliphatic carbocycles. The standard InChI is InChI=1S/C13H14N2O3S/c16-12(15-7-19-6-11(15)13(17)18)10-5-8-3-1-2-4-9(8)14-10/h1-4,10-11,14H,5-7H2,(H,17,18)/t10-,11?/m0/s1. The van der Waals surface area contributed by atoms with Crippen LogP contribution in [0.5, 0.6) is 0 Å². The van der Waals surface area contributed by atoms with E-state index in [9.17, 15) is 9.59 Å². The van der Waals surface area contributed by atoms with Crippen LogP contribution in [0.4, 0.5) is 5.69 Å². The number of nitrogens with zero attached hydrogens (tertiary/aromatic N) is 1. The van der Waals surface area contributed by atoms with Crippen LogP contribution in [-0.4, -0.2) is 45.6 Å². The van der Waals surface area contributed by atoms with E-state index < -0.39 is 12.0 Å². The van der Waals surface area contributed by atoms with Crippen molar-refractivity contribution in [1.29, 1.82) is 0 Å². The van der Waals surface area contributed by atoms with Crippen LogP contribution in [-0.2, 0) is 16.0 Å². The van der Waals surface area contributed by atoms with Gasteiger partial charge in [-0.25, -0.2) is 4.79 Å². The minimum atomic E-state index is -0.922. The minimum Gasteiger partial charge on any atom is -0.480 e. The van der Waals surface area contributed by atoms with Gasteiger partial charge in [-0.2, -0.15) is 0 Å². The van der Waals surface area contributed by atoms with Gasteiger partial charge in [0.15, 0.2) is 0 Å². The Morgan fingerprint density at radius 2 is 2.16 bits per heavy atom. The first kappa shape index (κ1) is 12.3. The van der Waals surface area contributed by atoms with Gasteiger partial charge < -0.3 is 15.3 Å². The van der Waals surface area contributed by atoms with Crippen molar-refractivity contribution in [2.24, 2.45) is 0 Å². The predicted octanol–water partition coefficient (Wildman–Crippen LogP) is 1.01. The molecule has 0 aromatic heterocycles. The van der Waals surface area contributed by atoms with Crippen molar-refractivity contribution in [2.45, 2.75) is 18.5 Å². The van der Waals surface area contributed by atoms with E-state index in [-0.39, 0.29) is 11.9 Å². The number of rotatable bonds is 2. The molecule has 19 heavy (non-hydrogen) atoms. The van der Waals surface area contributed by atoms with Gasteiger partial charge in [-0.1, -0.05) is 18.2 Å². The van der Waals surface area contributed by atoms with Crippen LogP contribution >= 0.6 is 11.8 Å². The van der Waals surface area contributed by atoms with Crippen molar-refractivity contribution < 1.29 is 14.7 Å². The third kappa shape index (κ3) is 2.16. The highest BCUT2D eigenvalue weighted by atomic mass is 32.2. The smallest absolute Gasteiger partial charge is 0.327 e. The van der Waals surface area contributed by atoms with Gasteiger partial charge in [0, 0.05) is 17.9 Å². The summed E-state index contributed by atoms with van der Waals surface area (Å²) in [5.41, 5.74) is 2.08.